The highest BCUT2D eigenvalue weighted by Crippen LogP contribution is 2.46. The van der Waals surface area contributed by atoms with Crippen LogP contribution in [0.5, 0.6) is 0 Å². The molecule has 5 heteroatoms. The summed E-state index contributed by atoms with van der Waals surface area (Å²) in [6.07, 6.45) is 8.33. The minimum absolute atomic E-state index is 0.0573. The van der Waals surface area contributed by atoms with Crippen molar-refractivity contribution in [3.8, 4) is 0 Å². The molecule has 2 fully saturated rings. The molecule has 1 atom stereocenters. The third-order valence-electron chi connectivity index (χ3n) is 6.01. The van der Waals surface area contributed by atoms with Crippen LogP contribution >= 0.6 is 0 Å². The van der Waals surface area contributed by atoms with Gasteiger partial charge in [0, 0.05) is 26.8 Å². The zero-order chi connectivity index (χ0) is 19.0. The molecule has 27 heavy (non-hydrogen) atoms. The molecule has 1 spiro atoms. The molecule has 1 heterocycles. The van der Waals surface area contributed by atoms with Gasteiger partial charge in [0.25, 0.3) is 0 Å². The van der Waals surface area contributed by atoms with Crippen LogP contribution in [0.2, 0.25) is 0 Å². The summed E-state index contributed by atoms with van der Waals surface area (Å²) in [5, 5.41) is 3.07. The second kappa shape index (κ2) is 10.1. The number of urea groups is 1. The van der Waals surface area contributed by atoms with Crippen molar-refractivity contribution in [2.75, 3.05) is 33.4 Å². The molecule has 5 nitrogen and oxygen atoms in total. The summed E-state index contributed by atoms with van der Waals surface area (Å²) in [5.41, 5.74) is 1.49. The zero-order valence-corrected chi connectivity index (χ0v) is 16.6. The van der Waals surface area contributed by atoms with E-state index in [1.54, 1.807) is 7.11 Å². The van der Waals surface area contributed by atoms with Gasteiger partial charge in [-0.1, -0.05) is 49.6 Å². The van der Waals surface area contributed by atoms with E-state index in [0.29, 0.717) is 31.8 Å². The maximum Gasteiger partial charge on any atom is 0.317 e. The van der Waals surface area contributed by atoms with E-state index in [4.69, 9.17) is 9.47 Å². The number of amides is 2. The van der Waals surface area contributed by atoms with Crippen molar-refractivity contribution < 1.29 is 14.3 Å². The number of rotatable bonds is 8. The SMILES string of the molecule is COCCCNC(=O)N1CC2(CCCCC2)CC1COCc1ccccc1. The fourth-order valence-corrected chi connectivity index (χ4v) is 4.62. The fourth-order valence-electron chi connectivity index (χ4n) is 4.62. The van der Waals surface area contributed by atoms with Gasteiger partial charge in [-0.25, -0.2) is 4.79 Å². The Balaban J connectivity index is 1.56. The van der Waals surface area contributed by atoms with E-state index in [0.717, 1.165) is 19.4 Å². The van der Waals surface area contributed by atoms with Crippen molar-refractivity contribution in [3.05, 3.63) is 35.9 Å². The lowest BCUT2D eigenvalue weighted by Gasteiger charge is -2.33. The highest BCUT2D eigenvalue weighted by molar-refractivity contribution is 5.75. The molecule has 1 saturated heterocycles. The maximum atomic E-state index is 12.8. The third kappa shape index (κ3) is 5.69. The van der Waals surface area contributed by atoms with E-state index >= 15 is 0 Å². The Bertz CT molecular complexity index is 572. The van der Waals surface area contributed by atoms with Crippen molar-refractivity contribution in [2.45, 2.75) is 57.6 Å². The lowest BCUT2D eigenvalue weighted by molar-refractivity contribution is 0.0749. The van der Waals surface area contributed by atoms with E-state index in [1.165, 1.54) is 37.7 Å². The Morgan fingerprint density at radius 1 is 1.22 bits per heavy atom. The van der Waals surface area contributed by atoms with Crippen LogP contribution in [-0.4, -0.2) is 50.4 Å². The number of ether oxygens (including phenoxy) is 2. The number of hydrogen-bond donors (Lipinski definition) is 1. The summed E-state index contributed by atoms with van der Waals surface area (Å²) in [4.78, 5) is 14.8. The Kier molecular flexibility index (Phi) is 7.53. The molecule has 2 amide bonds. The minimum Gasteiger partial charge on any atom is -0.385 e. The molecule has 2 aliphatic rings. The smallest absolute Gasteiger partial charge is 0.317 e. The highest BCUT2D eigenvalue weighted by Gasteiger charge is 2.46. The molecule has 0 radical (unpaired) electrons. The number of nitrogens with one attached hydrogen (secondary N) is 1. The minimum atomic E-state index is 0.0573. The van der Waals surface area contributed by atoms with Crippen molar-refractivity contribution in [1.29, 1.82) is 0 Å². The van der Waals surface area contributed by atoms with Gasteiger partial charge in [-0.15, -0.1) is 0 Å². The molecule has 1 aromatic carbocycles. The topological polar surface area (TPSA) is 50.8 Å². The lowest BCUT2D eigenvalue weighted by Crippen LogP contribution is -2.45. The average molecular weight is 375 g/mol. The number of carbonyl (C=O) groups is 1. The number of nitrogens with zero attached hydrogens (tertiary/aromatic N) is 1. The van der Waals surface area contributed by atoms with Crippen LogP contribution in [0.3, 0.4) is 0 Å². The van der Waals surface area contributed by atoms with Crippen molar-refractivity contribution >= 4 is 6.03 Å². The van der Waals surface area contributed by atoms with Crippen molar-refractivity contribution in [1.82, 2.24) is 10.2 Å². The van der Waals surface area contributed by atoms with Gasteiger partial charge in [0.05, 0.1) is 19.3 Å². The number of hydrogen-bond acceptors (Lipinski definition) is 3. The fraction of sp³-hybridized carbons (Fsp3) is 0.682. The van der Waals surface area contributed by atoms with E-state index in [2.05, 4.69) is 17.4 Å². The van der Waals surface area contributed by atoms with Gasteiger partial charge in [-0.3, -0.25) is 0 Å². The van der Waals surface area contributed by atoms with Crippen LogP contribution in [0.1, 0.15) is 50.5 Å². The summed E-state index contributed by atoms with van der Waals surface area (Å²) >= 11 is 0. The molecule has 1 aliphatic carbocycles. The van der Waals surface area contributed by atoms with Crippen LogP contribution in [0.25, 0.3) is 0 Å². The Morgan fingerprint density at radius 2 is 2.00 bits per heavy atom. The van der Waals surface area contributed by atoms with Crippen LogP contribution in [0, 0.1) is 5.41 Å². The van der Waals surface area contributed by atoms with Crippen LogP contribution < -0.4 is 5.32 Å². The quantitative estimate of drug-likeness (QED) is 0.701. The maximum absolute atomic E-state index is 12.8. The summed E-state index contributed by atoms with van der Waals surface area (Å²) in [7, 11) is 1.69. The number of likely N-dealkylation sites (tertiary alicyclic amines) is 1. The first-order valence-electron chi connectivity index (χ1n) is 10.4. The molecule has 150 valence electrons. The van der Waals surface area contributed by atoms with Gasteiger partial charge in [0.1, 0.15) is 0 Å². The molecule has 1 saturated carbocycles. The monoisotopic (exact) mass is 374 g/mol. The van der Waals surface area contributed by atoms with Crippen LogP contribution in [-0.2, 0) is 16.1 Å². The second-order valence-corrected chi connectivity index (χ2v) is 8.13. The molecular weight excluding hydrogens is 340 g/mol. The molecule has 0 aromatic heterocycles. The van der Waals surface area contributed by atoms with Gasteiger partial charge >= 0.3 is 6.03 Å². The summed E-state index contributed by atoms with van der Waals surface area (Å²) < 4.78 is 11.1. The van der Waals surface area contributed by atoms with E-state index < -0.39 is 0 Å². The van der Waals surface area contributed by atoms with Crippen LogP contribution in [0.15, 0.2) is 30.3 Å². The second-order valence-electron chi connectivity index (χ2n) is 8.13. The summed E-state index contributed by atoms with van der Waals surface area (Å²) in [6.45, 7) is 3.43. The molecule has 1 unspecified atom stereocenters. The number of carbonyl (C=O) groups excluding carboxylic acids is 1. The predicted molar refractivity (Wildman–Crippen MR) is 107 cm³/mol. The van der Waals surface area contributed by atoms with E-state index in [9.17, 15) is 4.79 Å². The molecule has 1 aromatic rings. The lowest BCUT2D eigenvalue weighted by atomic mass is 9.73. The van der Waals surface area contributed by atoms with Crippen molar-refractivity contribution in [3.63, 3.8) is 0 Å². The first kappa shape index (κ1) is 20.2. The summed E-state index contributed by atoms with van der Waals surface area (Å²) in [5.74, 6) is 0. The molecule has 1 N–H and O–H groups in total. The normalized spacial score (nSPS) is 21.5. The van der Waals surface area contributed by atoms with E-state index in [-0.39, 0.29) is 12.1 Å². The average Bonchev–Trinajstić information content (AvgIpc) is 3.04. The zero-order valence-electron chi connectivity index (χ0n) is 16.6. The van der Waals surface area contributed by atoms with Crippen molar-refractivity contribution in [2.24, 2.45) is 5.41 Å². The van der Waals surface area contributed by atoms with E-state index in [1.807, 2.05) is 23.1 Å². The first-order valence-corrected chi connectivity index (χ1v) is 10.4. The molecule has 3 rings (SSSR count). The largest absolute Gasteiger partial charge is 0.385 e. The van der Waals surface area contributed by atoms with Gasteiger partial charge in [0.15, 0.2) is 0 Å². The predicted octanol–water partition coefficient (Wildman–Crippen LogP) is 3.97. The Morgan fingerprint density at radius 3 is 2.74 bits per heavy atom. The molecule has 1 aliphatic heterocycles. The standard InChI is InChI=1S/C22H34N2O3/c1-26-14-8-13-23-21(25)24-18-22(11-6-3-7-12-22)15-20(24)17-27-16-19-9-4-2-5-10-19/h2,4-5,9-10,20H,3,6-8,11-18H2,1H3,(H,23,25). The van der Waals surface area contributed by atoms with Crippen LogP contribution in [0.4, 0.5) is 4.79 Å². The van der Waals surface area contributed by atoms with Gasteiger partial charge in [-0.2, -0.15) is 0 Å². The molecular formula is C22H34N2O3. The first-order chi connectivity index (χ1) is 13.2. The third-order valence-corrected chi connectivity index (χ3v) is 6.01. The van der Waals surface area contributed by atoms with Gasteiger partial charge < -0.3 is 19.7 Å². The van der Waals surface area contributed by atoms with Gasteiger partial charge in [-0.05, 0) is 36.7 Å². The highest BCUT2D eigenvalue weighted by atomic mass is 16.5. The Hall–Kier alpha value is -1.59. The summed E-state index contributed by atoms with van der Waals surface area (Å²) in [6, 6.07) is 10.5. The molecule has 0 bridgehead atoms. The Labute approximate surface area is 163 Å². The number of methoxy groups -OCH3 is 1. The van der Waals surface area contributed by atoms with Gasteiger partial charge in [0.2, 0.25) is 0 Å². The number of benzene rings is 1.